The number of carbonyl (C=O) groups is 2. The van der Waals surface area contributed by atoms with Gasteiger partial charge in [-0.05, 0) is 41.5 Å². The highest BCUT2D eigenvalue weighted by Gasteiger charge is 2.15. The molecule has 4 N–H and O–H groups in total. The summed E-state index contributed by atoms with van der Waals surface area (Å²) in [6, 6.07) is 0. The molecular formula is C16H32IN5O2. The van der Waals surface area contributed by atoms with Gasteiger partial charge < -0.3 is 21.3 Å². The molecular weight excluding hydrogens is 421 g/mol. The van der Waals surface area contributed by atoms with E-state index in [9.17, 15) is 9.59 Å². The zero-order valence-electron chi connectivity index (χ0n) is 15.6. The third-order valence-corrected chi connectivity index (χ3v) is 2.24. The summed E-state index contributed by atoms with van der Waals surface area (Å²) < 4.78 is 0. The Labute approximate surface area is 162 Å². The van der Waals surface area contributed by atoms with Gasteiger partial charge in [-0.15, -0.1) is 30.6 Å². The van der Waals surface area contributed by atoms with Crippen LogP contribution in [0.4, 0.5) is 0 Å². The molecule has 0 heterocycles. The van der Waals surface area contributed by atoms with Gasteiger partial charge in [0.25, 0.3) is 0 Å². The van der Waals surface area contributed by atoms with Crippen molar-refractivity contribution in [2.75, 3.05) is 19.6 Å². The summed E-state index contributed by atoms with van der Waals surface area (Å²) in [5.41, 5.74) is -0.599. The van der Waals surface area contributed by atoms with Crippen LogP contribution in [0.15, 0.2) is 17.6 Å². The number of guanidine groups is 1. The fourth-order valence-corrected chi connectivity index (χ4v) is 1.58. The summed E-state index contributed by atoms with van der Waals surface area (Å²) >= 11 is 0. The number of rotatable bonds is 6. The first-order valence-electron chi connectivity index (χ1n) is 7.68. The van der Waals surface area contributed by atoms with Crippen molar-refractivity contribution in [3.05, 3.63) is 12.7 Å². The van der Waals surface area contributed by atoms with Crippen LogP contribution >= 0.6 is 24.0 Å². The van der Waals surface area contributed by atoms with E-state index >= 15 is 0 Å². The molecule has 140 valence electrons. The SMILES string of the molecule is C=CCNC(=NCC(=O)NC(C)(C)C)NCC(=O)NC(C)(C)C.I. The van der Waals surface area contributed by atoms with E-state index in [0.29, 0.717) is 12.5 Å². The first-order chi connectivity index (χ1) is 10.4. The molecule has 0 aliphatic heterocycles. The smallest absolute Gasteiger partial charge is 0.242 e. The second-order valence-electron chi connectivity index (χ2n) is 7.28. The predicted octanol–water partition coefficient (Wildman–Crippen LogP) is 1.16. The van der Waals surface area contributed by atoms with Crippen LogP contribution in [0.1, 0.15) is 41.5 Å². The average Bonchev–Trinajstić information content (AvgIpc) is 2.33. The molecule has 2 amide bonds. The lowest BCUT2D eigenvalue weighted by atomic mass is 10.1. The normalized spacial score (nSPS) is 11.8. The number of hydrogen-bond donors (Lipinski definition) is 4. The minimum atomic E-state index is -0.304. The van der Waals surface area contributed by atoms with E-state index in [2.05, 4.69) is 32.8 Å². The fourth-order valence-electron chi connectivity index (χ4n) is 1.58. The maximum Gasteiger partial charge on any atom is 0.242 e. The van der Waals surface area contributed by atoms with Crippen LogP contribution in [0, 0.1) is 0 Å². The molecule has 0 radical (unpaired) electrons. The Bertz CT molecular complexity index is 450. The molecule has 0 aromatic heterocycles. The monoisotopic (exact) mass is 453 g/mol. The van der Waals surface area contributed by atoms with E-state index in [1.165, 1.54) is 0 Å². The van der Waals surface area contributed by atoms with Crippen molar-refractivity contribution >= 4 is 41.8 Å². The van der Waals surface area contributed by atoms with Crippen molar-refractivity contribution in [3.63, 3.8) is 0 Å². The highest BCUT2D eigenvalue weighted by Crippen LogP contribution is 1.98. The summed E-state index contributed by atoms with van der Waals surface area (Å²) in [7, 11) is 0. The van der Waals surface area contributed by atoms with Crippen molar-refractivity contribution in [2.45, 2.75) is 52.6 Å². The first kappa shape index (κ1) is 24.9. The Kier molecular flexibility index (Phi) is 11.7. The molecule has 7 nitrogen and oxygen atoms in total. The van der Waals surface area contributed by atoms with Crippen molar-refractivity contribution in [3.8, 4) is 0 Å². The summed E-state index contributed by atoms with van der Waals surface area (Å²) in [6.07, 6.45) is 1.67. The van der Waals surface area contributed by atoms with Crippen molar-refractivity contribution in [1.29, 1.82) is 0 Å². The van der Waals surface area contributed by atoms with E-state index in [1.807, 2.05) is 41.5 Å². The van der Waals surface area contributed by atoms with Gasteiger partial charge in [0.1, 0.15) is 6.54 Å². The fraction of sp³-hybridized carbons (Fsp3) is 0.688. The van der Waals surface area contributed by atoms with Crippen LogP contribution in [0.2, 0.25) is 0 Å². The Balaban J connectivity index is 0. The number of nitrogens with zero attached hydrogens (tertiary/aromatic N) is 1. The van der Waals surface area contributed by atoms with Crippen LogP contribution in [0.5, 0.6) is 0 Å². The third-order valence-electron chi connectivity index (χ3n) is 2.24. The van der Waals surface area contributed by atoms with Crippen molar-refractivity contribution in [2.24, 2.45) is 4.99 Å². The first-order valence-corrected chi connectivity index (χ1v) is 7.68. The molecule has 8 heteroatoms. The molecule has 0 rings (SSSR count). The second kappa shape index (κ2) is 11.3. The zero-order valence-corrected chi connectivity index (χ0v) is 17.9. The van der Waals surface area contributed by atoms with Gasteiger partial charge in [0.05, 0.1) is 6.54 Å². The molecule has 0 saturated carbocycles. The van der Waals surface area contributed by atoms with Gasteiger partial charge in [-0.1, -0.05) is 6.08 Å². The minimum Gasteiger partial charge on any atom is -0.353 e. The molecule has 0 aromatic carbocycles. The molecule has 0 saturated heterocycles. The van der Waals surface area contributed by atoms with Crippen LogP contribution in [0.25, 0.3) is 0 Å². The Hall–Kier alpha value is -1.32. The topological polar surface area (TPSA) is 94.6 Å². The molecule has 0 aliphatic rings. The molecule has 24 heavy (non-hydrogen) atoms. The Morgan fingerprint density at radius 1 is 0.958 bits per heavy atom. The van der Waals surface area contributed by atoms with Gasteiger partial charge in [-0.25, -0.2) is 4.99 Å². The molecule has 0 aliphatic carbocycles. The van der Waals surface area contributed by atoms with E-state index in [0.717, 1.165) is 0 Å². The maximum atomic E-state index is 11.8. The Morgan fingerprint density at radius 2 is 1.46 bits per heavy atom. The van der Waals surface area contributed by atoms with Crippen LogP contribution in [0.3, 0.4) is 0 Å². The molecule has 0 bridgehead atoms. The number of amides is 2. The predicted molar refractivity (Wildman–Crippen MR) is 110 cm³/mol. The van der Waals surface area contributed by atoms with Gasteiger partial charge >= 0.3 is 0 Å². The van der Waals surface area contributed by atoms with Gasteiger partial charge in [0, 0.05) is 17.6 Å². The molecule has 0 fully saturated rings. The summed E-state index contributed by atoms with van der Waals surface area (Å²) in [4.78, 5) is 27.8. The second-order valence-corrected chi connectivity index (χ2v) is 7.28. The van der Waals surface area contributed by atoms with E-state index in [4.69, 9.17) is 0 Å². The highest BCUT2D eigenvalue weighted by atomic mass is 127. The van der Waals surface area contributed by atoms with E-state index in [1.54, 1.807) is 6.08 Å². The summed E-state index contributed by atoms with van der Waals surface area (Å²) in [6.45, 7) is 15.6. The van der Waals surface area contributed by atoms with Crippen LogP contribution in [-0.2, 0) is 9.59 Å². The molecule has 0 unspecified atom stereocenters. The lowest BCUT2D eigenvalue weighted by Gasteiger charge is -2.21. The van der Waals surface area contributed by atoms with Gasteiger partial charge in [-0.3, -0.25) is 9.59 Å². The third kappa shape index (κ3) is 15.6. The molecule has 0 aromatic rings. The largest absolute Gasteiger partial charge is 0.353 e. The van der Waals surface area contributed by atoms with Gasteiger partial charge in [0.2, 0.25) is 11.8 Å². The maximum absolute atomic E-state index is 11.8. The van der Waals surface area contributed by atoms with Crippen molar-refractivity contribution in [1.82, 2.24) is 21.3 Å². The van der Waals surface area contributed by atoms with Crippen molar-refractivity contribution < 1.29 is 9.59 Å². The number of halogens is 1. The lowest BCUT2D eigenvalue weighted by Crippen LogP contribution is -2.48. The Morgan fingerprint density at radius 3 is 1.92 bits per heavy atom. The number of carbonyl (C=O) groups excluding carboxylic acids is 2. The lowest BCUT2D eigenvalue weighted by molar-refractivity contribution is -0.122. The number of aliphatic imine (C=N–C) groups is 1. The van der Waals surface area contributed by atoms with E-state index < -0.39 is 0 Å². The zero-order chi connectivity index (χ0) is 18.1. The quantitative estimate of drug-likeness (QED) is 0.210. The highest BCUT2D eigenvalue weighted by molar-refractivity contribution is 14.0. The van der Waals surface area contributed by atoms with Crippen LogP contribution in [-0.4, -0.2) is 48.5 Å². The average molecular weight is 453 g/mol. The molecule has 0 spiro atoms. The van der Waals surface area contributed by atoms with Gasteiger partial charge in [-0.2, -0.15) is 0 Å². The standard InChI is InChI=1S/C16H31N5O2.HI/c1-8-9-17-14(18-10-12(22)20-15(2,3)4)19-11-13(23)21-16(5,6)7;/h8H,1,9-11H2,2-7H3,(H,20,22)(H,21,23)(H2,17,18,19);1H. The van der Waals surface area contributed by atoms with E-state index in [-0.39, 0.29) is 60.0 Å². The summed E-state index contributed by atoms with van der Waals surface area (Å²) in [5, 5.41) is 11.5. The summed E-state index contributed by atoms with van der Waals surface area (Å²) in [5.74, 6) is 0.0547. The van der Waals surface area contributed by atoms with Crippen LogP contribution < -0.4 is 21.3 Å². The number of hydrogen-bond acceptors (Lipinski definition) is 3. The minimum absolute atomic E-state index is 0. The van der Waals surface area contributed by atoms with Gasteiger partial charge in [0.15, 0.2) is 5.96 Å². The molecule has 0 atom stereocenters. The number of nitrogens with one attached hydrogen (secondary N) is 4.